The number of rotatable bonds is 10. The number of allylic oxidation sites excluding steroid dienone is 1. The summed E-state index contributed by atoms with van der Waals surface area (Å²) in [5.41, 5.74) is 9.24. The standard InChI is InChI=1S/C22H28N7O5P/c1-22(2,28-33-11-15-6-4-3-5-7-15)21(30)27-35(31,32)34-12-16-8-9-17(10-16)29-14-26-18-19(23)24-13-25-20(18)29/h3-9,13-14,16-17,28H,10-12H2,1-2H3,(H2,23,24,25)(H2,27,30,31,32)/t16-,17+/m0/s1. The summed E-state index contributed by atoms with van der Waals surface area (Å²) in [5, 5.41) is 2.08. The molecule has 186 valence electrons. The first-order chi connectivity index (χ1) is 16.6. The molecule has 2 heterocycles. The topological polar surface area (TPSA) is 167 Å². The maximum atomic E-state index is 12.6. The number of nitrogens with zero attached hydrogens (tertiary/aromatic N) is 4. The molecule has 0 fully saturated rings. The fourth-order valence-electron chi connectivity index (χ4n) is 3.61. The number of nitrogens with one attached hydrogen (secondary N) is 2. The van der Waals surface area contributed by atoms with Crippen LogP contribution in [0.25, 0.3) is 11.2 Å². The highest BCUT2D eigenvalue weighted by Gasteiger charge is 2.35. The number of benzene rings is 1. The van der Waals surface area contributed by atoms with Gasteiger partial charge in [-0.3, -0.25) is 19.2 Å². The molecule has 1 aromatic carbocycles. The van der Waals surface area contributed by atoms with Crippen molar-refractivity contribution in [3.8, 4) is 0 Å². The van der Waals surface area contributed by atoms with Gasteiger partial charge in [0.2, 0.25) is 0 Å². The van der Waals surface area contributed by atoms with Gasteiger partial charge in [0.15, 0.2) is 11.5 Å². The highest BCUT2D eigenvalue weighted by molar-refractivity contribution is 7.51. The van der Waals surface area contributed by atoms with E-state index in [0.717, 1.165) is 5.56 Å². The number of carbonyl (C=O) groups excluding carboxylic acids is 1. The first kappa shape index (κ1) is 25.0. The van der Waals surface area contributed by atoms with Gasteiger partial charge in [0, 0.05) is 5.92 Å². The maximum Gasteiger partial charge on any atom is 0.432 e. The molecule has 0 aliphatic heterocycles. The molecule has 3 atom stereocenters. The first-order valence-electron chi connectivity index (χ1n) is 11.0. The Hall–Kier alpha value is -3.15. The zero-order valence-electron chi connectivity index (χ0n) is 19.4. The lowest BCUT2D eigenvalue weighted by atomic mass is 10.1. The molecule has 0 bridgehead atoms. The van der Waals surface area contributed by atoms with Crippen LogP contribution >= 0.6 is 7.75 Å². The number of nitrogen functional groups attached to an aromatic ring is 1. The van der Waals surface area contributed by atoms with Gasteiger partial charge in [-0.1, -0.05) is 42.5 Å². The SMILES string of the molecule is CC(C)(NOCc1ccccc1)C(=O)NP(=O)(O)OC[C@H]1C=C[C@@H](n2cnc3c(N)ncnc32)C1. The van der Waals surface area contributed by atoms with Gasteiger partial charge < -0.3 is 15.2 Å². The fourth-order valence-corrected chi connectivity index (χ4v) is 4.61. The molecule has 4 rings (SSSR count). The zero-order valence-corrected chi connectivity index (χ0v) is 20.3. The van der Waals surface area contributed by atoms with Crippen molar-refractivity contribution in [2.24, 2.45) is 5.92 Å². The minimum absolute atomic E-state index is 0.0524. The van der Waals surface area contributed by atoms with Crippen LogP contribution in [-0.4, -0.2) is 42.5 Å². The quantitative estimate of drug-likeness (QED) is 0.184. The number of nitrogens with two attached hydrogens (primary N) is 1. The second kappa shape index (κ2) is 10.2. The smallest absolute Gasteiger partial charge is 0.382 e. The Kier molecular flexibility index (Phi) is 7.29. The third-order valence-electron chi connectivity index (χ3n) is 5.58. The minimum Gasteiger partial charge on any atom is -0.382 e. The summed E-state index contributed by atoms with van der Waals surface area (Å²) in [4.78, 5) is 40.6. The molecule has 1 amide bonds. The van der Waals surface area contributed by atoms with E-state index < -0.39 is 19.2 Å². The predicted octanol–water partition coefficient (Wildman–Crippen LogP) is 2.26. The number of fused-ring (bicyclic) bond motifs is 1. The molecule has 1 aliphatic rings. The minimum atomic E-state index is -4.40. The number of imidazole rings is 1. The van der Waals surface area contributed by atoms with Crippen LogP contribution in [-0.2, 0) is 25.3 Å². The van der Waals surface area contributed by atoms with Crippen LogP contribution in [0, 0.1) is 5.92 Å². The molecule has 3 aromatic rings. The Balaban J connectivity index is 1.26. The molecule has 12 nitrogen and oxygen atoms in total. The normalized spacial score (nSPS) is 19.6. The van der Waals surface area contributed by atoms with Gasteiger partial charge in [-0.05, 0) is 25.8 Å². The van der Waals surface area contributed by atoms with Crippen LogP contribution in [0.2, 0.25) is 0 Å². The van der Waals surface area contributed by atoms with E-state index in [1.165, 1.54) is 20.2 Å². The molecule has 35 heavy (non-hydrogen) atoms. The number of hydroxylamine groups is 1. The molecular weight excluding hydrogens is 473 g/mol. The highest BCUT2D eigenvalue weighted by Crippen LogP contribution is 2.40. The van der Waals surface area contributed by atoms with E-state index >= 15 is 0 Å². The molecular formula is C22H28N7O5P. The summed E-state index contributed by atoms with van der Waals surface area (Å²) in [6.45, 7) is 3.24. The second-order valence-electron chi connectivity index (χ2n) is 8.79. The largest absolute Gasteiger partial charge is 0.432 e. The van der Waals surface area contributed by atoms with Gasteiger partial charge in [0.05, 0.1) is 25.6 Å². The lowest BCUT2D eigenvalue weighted by Gasteiger charge is -2.26. The summed E-state index contributed by atoms with van der Waals surface area (Å²) in [6, 6.07) is 9.33. The van der Waals surface area contributed by atoms with E-state index in [2.05, 4.69) is 25.5 Å². The average Bonchev–Trinajstić information content (AvgIpc) is 3.46. The number of amides is 1. The van der Waals surface area contributed by atoms with E-state index in [9.17, 15) is 14.3 Å². The van der Waals surface area contributed by atoms with Crippen molar-refractivity contribution in [2.45, 2.75) is 38.5 Å². The number of hydrogen-bond acceptors (Lipinski definition) is 9. The maximum absolute atomic E-state index is 12.6. The van der Waals surface area contributed by atoms with Crippen molar-refractivity contribution < 1.29 is 23.6 Å². The Labute approximate surface area is 202 Å². The Morgan fingerprint density at radius 3 is 2.80 bits per heavy atom. The summed E-state index contributed by atoms with van der Waals surface area (Å²) in [5.74, 6) is -0.580. The lowest BCUT2D eigenvalue weighted by molar-refractivity contribution is -0.132. The van der Waals surface area contributed by atoms with Crippen molar-refractivity contribution in [3.63, 3.8) is 0 Å². The van der Waals surface area contributed by atoms with Crippen LogP contribution in [0.5, 0.6) is 0 Å². The third-order valence-corrected chi connectivity index (χ3v) is 6.56. The van der Waals surface area contributed by atoms with Crippen molar-refractivity contribution in [1.82, 2.24) is 30.1 Å². The van der Waals surface area contributed by atoms with Crippen molar-refractivity contribution in [1.29, 1.82) is 0 Å². The molecule has 5 N–H and O–H groups in total. The lowest BCUT2D eigenvalue weighted by Crippen LogP contribution is -2.51. The van der Waals surface area contributed by atoms with Crippen LogP contribution in [0.1, 0.15) is 31.9 Å². The number of hydrogen-bond donors (Lipinski definition) is 4. The van der Waals surface area contributed by atoms with Crippen molar-refractivity contribution in [3.05, 3.63) is 60.7 Å². The number of anilines is 1. The van der Waals surface area contributed by atoms with E-state index in [1.807, 2.05) is 47.1 Å². The number of carbonyl (C=O) groups is 1. The van der Waals surface area contributed by atoms with Crippen LogP contribution in [0.3, 0.4) is 0 Å². The fraction of sp³-hybridized carbons (Fsp3) is 0.364. The molecule has 1 unspecified atom stereocenters. The van der Waals surface area contributed by atoms with Gasteiger partial charge in [0.25, 0.3) is 5.91 Å². The van der Waals surface area contributed by atoms with Crippen molar-refractivity contribution >= 4 is 30.6 Å². The summed E-state index contributed by atoms with van der Waals surface area (Å²) < 4.78 is 19.6. The van der Waals surface area contributed by atoms with Gasteiger partial charge in [-0.25, -0.2) is 19.5 Å². The Bertz CT molecular complexity index is 1260. The van der Waals surface area contributed by atoms with Crippen molar-refractivity contribution in [2.75, 3.05) is 12.3 Å². The van der Waals surface area contributed by atoms with Gasteiger partial charge in [0.1, 0.15) is 17.4 Å². The molecule has 13 heteroatoms. The summed E-state index contributed by atoms with van der Waals surface area (Å²) in [6.07, 6.45) is 7.46. The second-order valence-corrected chi connectivity index (χ2v) is 10.3. The van der Waals surface area contributed by atoms with Gasteiger partial charge >= 0.3 is 7.75 Å². The van der Waals surface area contributed by atoms with Crippen LogP contribution in [0.15, 0.2) is 55.1 Å². The van der Waals surface area contributed by atoms with E-state index in [0.29, 0.717) is 23.4 Å². The molecule has 2 aromatic heterocycles. The van der Waals surface area contributed by atoms with Crippen LogP contribution < -0.4 is 16.3 Å². The Morgan fingerprint density at radius 2 is 2.03 bits per heavy atom. The zero-order chi connectivity index (χ0) is 25.1. The first-order valence-corrected chi connectivity index (χ1v) is 12.6. The molecule has 1 aliphatic carbocycles. The highest BCUT2D eigenvalue weighted by atomic mass is 31.2. The Morgan fingerprint density at radius 1 is 1.26 bits per heavy atom. The summed E-state index contributed by atoms with van der Waals surface area (Å²) >= 11 is 0. The molecule has 0 saturated carbocycles. The third kappa shape index (κ3) is 6.11. The molecule has 0 saturated heterocycles. The summed E-state index contributed by atoms with van der Waals surface area (Å²) in [7, 11) is -4.40. The van der Waals surface area contributed by atoms with E-state index in [4.69, 9.17) is 15.1 Å². The number of aromatic nitrogens is 4. The predicted molar refractivity (Wildman–Crippen MR) is 128 cm³/mol. The van der Waals surface area contributed by atoms with Gasteiger partial charge in [-0.2, -0.15) is 5.48 Å². The monoisotopic (exact) mass is 501 g/mol. The molecule has 0 spiro atoms. The molecule has 0 radical (unpaired) electrons. The van der Waals surface area contributed by atoms with Gasteiger partial charge in [-0.15, -0.1) is 0 Å². The van der Waals surface area contributed by atoms with E-state index in [-0.39, 0.29) is 25.2 Å². The van der Waals surface area contributed by atoms with E-state index in [1.54, 1.807) is 6.33 Å². The average molecular weight is 501 g/mol. The van der Waals surface area contributed by atoms with Crippen LogP contribution in [0.4, 0.5) is 5.82 Å².